The first-order chi connectivity index (χ1) is 13.1. The molecule has 0 atom stereocenters. The summed E-state index contributed by atoms with van der Waals surface area (Å²) < 4.78 is 21.5. The lowest BCUT2D eigenvalue weighted by Crippen LogP contribution is -2.05. The first kappa shape index (κ1) is 17.0. The Labute approximate surface area is 156 Å². The van der Waals surface area contributed by atoms with Crippen molar-refractivity contribution < 1.29 is 9.13 Å². The third kappa shape index (κ3) is 3.60. The number of ether oxygens (including phenoxy) is 1. The molecular weight excluding hydrogens is 343 g/mol. The zero-order valence-corrected chi connectivity index (χ0v) is 15.1. The fourth-order valence-electron chi connectivity index (χ4n) is 2.84. The Morgan fingerprint density at radius 1 is 1.04 bits per heavy atom. The summed E-state index contributed by atoms with van der Waals surface area (Å²) in [6.45, 7) is 3.97. The second-order valence-corrected chi connectivity index (χ2v) is 6.43. The third-order valence-corrected chi connectivity index (χ3v) is 4.02. The Hall–Kier alpha value is -3.41. The number of benzene rings is 2. The van der Waals surface area contributed by atoms with Crippen molar-refractivity contribution in [2.24, 2.45) is 0 Å². The van der Waals surface area contributed by atoms with E-state index in [1.54, 1.807) is 35.2 Å². The monoisotopic (exact) mass is 362 g/mol. The molecule has 0 fully saturated rings. The van der Waals surface area contributed by atoms with Crippen LogP contribution in [0.3, 0.4) is 0 Å². The van der Waals surface area contributed by atoms with Gasteiger partial charge in [-0.15, -0.1) is 0 Å². The second kappa shape index (κ2) is 7.07. The van der Waals surface area contributed by atoms with Crippen LogP contribution in [0.15, 0.2) is 67.0 Å². The first-order valence-electron chi connectivity index (χ1n) is 8.73. The molecule has 0 aliphatic rings. The van der Waals surface area contributed by atoms with E-state index in [4.69, 9.17) is 4.74 Å². The van der Waals surface area contributed by atoms with Gasteiger partial charge in [0.15, 0.2) is 0 Å². The van der Waals surface area contributed by atoms with Gasteiger partial charge in [0.2, 0.25) is 5.95 Å². The Morgan fingerprint density at radius 3 is 2.56 bits per heavy atom. The fraction of sp³-hybridized carbons (Fsp3) is 0.143. The van der Waals surface area contributed by atoms with Crippen molar-refractivity contribution in [3.05, 3.63) is 72.8 Å². The summed E-state index contributed by atoms with van der Waals surface area (Å²) in [6.07, 6.45) is 3.64. The number of halogens is 1. The van der Waals surface area contributed by atoms with Crippen molar-refractivity contribution in [3.8, 4) is 11.4 Å². The average Bonchev–Trinajstić information content (AvgIpc) is 3.06. The number of nitrogens with one attached hydrogen (secondary N) is 1. The summed E-state index contributed by atoms with van der Waals surface area (Å²) in [4.78, 5) is 8.90. The minimum atomic E-state index is -0.302. The Balaban J connectivity index is 1.64. The van der Waals surface area contributed by atoms with Crippen molar-refractivity contribution >= 4 is 22.7 Å². The molecule has 1 N–H and O–H groups in total. The Morgan fingerprint density at radius 2 is 1.81 bits per heavy atom. The molecule has 4 rings (SSSR count). The Kier molecular flexibility index (Phi) is 4.46. The number of fused-ring (bicyclic) bond motifs is 1. The summed E-state index contributed by atoms with van der Waals surface area (Å²) in [5.74, 6) is 0.945. The van der Waals surface area contributed by atoms with Gasteiger partial charge in [-0.05, 0) is 56.3 Å². The van der Waals surface area contributed by atoms with Gasteiger partial charge in [-0.2, -0.15) is 4.98 Å². The predicted molar refractivity (Wildman–Crippen MR) is 104 cm³/mol. The van der Waals surface area contributed by atoms with Crippen molar-refractivity contribution in [1.82, 2.24) is 14.5 Å². The molecule has 0 amide bonds. The molecule has 0 saturated heterocycles. The molecule has 2 aromatic carbocycles. The van der Waals surface area contributed by atoms with Crippen LogP contribution in [-0.2, 0) is 0 Å². The van der Waals surface area contributed by atoms with Crippen LogP contribution in [0.2, 0.25) is 0 Å². The van der Waals surface area contributed by atoms with E-state index in [9.17, 15) is 4.39 Å². The van der Waals surface area contributed by atoms with Crippen molar-refractivity contribution in [1.29, 1.82) is 0 Å². The zero-order valence-electron chi connectivity index (χ0n) is 15.1. The number of rotatable bonds is 5. The number of hydrogen-bond donors (Lipinski definition) is 1. The van der Waals surface area contributed by atoms with E-state index in [1.807, 2.05) is 44.2 Å². The van der Waals surface area contributed by atoms with E-state index in [0.29, 0.717) is 17.3 Å². The lowest BCUT2D eigenvalue weighted by Gasteiger charge is -2.11. The summed E-state index contributed by atoms with van der Waals surface area (Å²) in [6, 6.07) is 16.1. The highest BCUT2D eigenvalue weighted by molar-refractivity contribution is 5.78. The van der Waals surface area contributed by atoms with Gasteiger partial charge in [-0.3, -0.25) is 4.57 Å². The molecule has 5 nitrogen and oxygen atoms in total. The Bertz CT molecular complexity index is 1070. The summed E-state index contributed by atoms with van der Waals surface area (Å²) in [5.41, 5.74) is 1.93. The van der Waals surface area contributed by atoms with Gasteiger partial charge in [-0.25, -0.2) is 9.37 Å². The highest BCUT2D eigenvalue weighted by atomic mass is 19.1. The topological polar surface area (TPSA) is 52.0 Å². The third-order valence-electron chi connectivity index (χ3n) is 4.02. The smallest absolute Gasteiger partial charge is 0.229 e. The molecule has 0 spiro atoms. The first-order valence-corrected chi connectivity index (χ1v) is 8.73. The number of hydrogen-bond acceptors (Lipinski definition) is 4. The predicted octanol–water partition coefficient (Wildman–Crippen LogP) is 5.09. The lowest BCUT2D eigenvalue weighted by atomic mass is 10.3. The molecule has 4 aromatic rings. The number of anilines is 2. The normalized spacial score (nSPS) is 11.1. The highest BCUT2D eigenvalue weighted by Gasteiger charge is 2.10. The molecule has 0 aliphatic heterocycles. The SMILES string of the molecule is CC(C)Oc1ccc(Nc2ncc3ccn(-c4ccccc4F)c3n2)cc1. The van der Waals surface area contributed by atoms with Crippen molar-refractivity contribution in [3.63, 3.8) is 0 Å². The molecule has 136 valence electrons. The molecule has 0 radical (unpaired) electrons. The number of nitrogens with zero attached hydrogens (tertiary/aromatic N) is 3. The van der Waals surface area contributed by atoms with Crippen molar-refractivity contribution in [2.75, 3.05) is 5.32 Å². The molecule has 2 aromatic heterocycles. The summed E-state index contributed by atoms with van der Waals surface area (Å²) >= 11 is 0. The van der Waals surface area contributed by atoms with Gasteiger partial charge in [-0.1, -0.05) is 12.1 Å². The molecule has 27 heavy (non-hydrogen) atoms. The van der Waals surface area contributed by atoms with Gasteiger partial charge in [0, 0.05) is 23.5 Å². The van der Waals surface area contributed by atoms with Crippen LogP contribution in [0.4, 0.5) is 16.0 Å². The molecule has 0 saturated carbocycles. The van der Waals surface area contributed by atoms with E-state index < -0.39 is 0 Å². The van der Waals surface area contributed by atoms with E-state index >= 15 is 0 Å². The van der Waals surface area contributed by atoms with Gasteiger partial charge in [0.1, 0.15) is 17.2 Å². The van der Waals surface area contributed by atoms with Crippen LogP contribution in [0.1, 0.15) is 13.8 Å². The maximum Gasteiger partial charge on any atom is 0.229 e. The molecule has 0 bridgehead atoms. The molecule has 6 heteroatoms. The van der Waals surface area contributed by atoms with E-state index in [-0.39, 0.29) is 11.9 Å². The van der Waals surface area contributed by atoms with Gasteiger partial charge < -0.3 is 10.1 Å². The molecule has 0 aliphatic carbocycles. The van der Waals surface area contributed by atoms with Crippen LogP contribution in [-0.4, -0.2) is 20.6 Å². The minimum Gasteiger partial charge on any atom is -0.491 e. The summed E-state index contributed by atoms with van der Waals surface area (Å²) in [7, 11) is 0. The fourth-order valence-corrected chi connectivity index (χ4v) is 2.84. The van der Waals surface area contributed by atoms with Crippen molar-refractivity contribution in [2.45, 2.75) is 20.0 Å². The maximum absolute atomic E-state index is 14.2. The van der Waals surface area contributed by atoms with Crippen LogP contribution < -0.4 is 10.1 Å². The van der Waals surface area contributed by atoms with Crippen LogP contribution >= 0.6 is 0 Å². The van der Waals surface area contributed by atoms with E-state index in [0.717, 1.165) is 16.8 Å². The van der Waals surface area contributed by atoms with E-state index in [1.165, 1.54) is 6.07 Å². The number of aromatic nitrogens is 3. The van der Waals surface area contributed by atoms with Gasteiger partial charge >= 0.3 is 0 Å². The largest absolute Gasteiger partial charge is 0.491 e. The van der Waals surface area contributed by atoms with Crippen LogP contribution in [0, 0.1) is 5.82 Å². The minimum absolute atomic E-state index is 0.126. The standard InChI is InChI=1S/C21H19FN4O/c1-14(2)27-17-9-7-16(8-10-17)24-21-23-13-15-11-12-26(20(15)25-21)19-6-4-3-5-18(19)22/h3-14H,1-2H3,(H,23,24,25). The van der Waals surface area contributed by atoms with Gasteiger partial charge in [0.05, 0.1) is 11.8 Å². The maximum atomic E-state index is 14.2. The quantitative estimate of drug-likeness (QED) is 0.537. The molecule has 2 heterocycles. The van der Waals surface area contributed by atoms with Crippen LogP contribution in [0.5, 0.6) is 5.75 Å². The molecular formula is C21H19FN4O. The lowest BCUT2D eigenvalue weighted by molar-refractivity contribution is 0.242. The molecule has 0 unspecified atom stereocenters. The van der Waals surface area contributed by atoms with Gasteiger partial charge in [0.25, 0.3) is 0 Å². The average molecular weight is 362 g/mol. The second-order valence-electron chi connectivity index (χ2n) is 6.43. The summed E-state index contributed by atoms with van der Waals surface area (Å²) in [5, 5.41) is 4.01. The highest BCUT2D eigenvalue weighted by Crippen LogP contribution is 2.23. The van der Waals surface area contributed by atoms with Crippen LogP contribution in [0.25, 0.3) is 16.7 Å². The number of para-hydroxylation sites is 1. The van der Waals surface area contributed by atoms with E-state index in [2.05, 4.69) is 15.3 Å². The zero-order chi connectivity index (χ0) is 18.8.